The topological polar surface area (TPSA) is 78.1 Å². The predicted octanol–water partition coefficient (Wildman–Crippen LogP) is 3.97. The number of para-hydroxylation sites is 1. The van der Waals surface area contributed by atoms with E-state index in [1.807, 2.05) is 49.4 Å². The van der Waals surface area contributed by atoms with Crippen molar-refractivity contribution in [2.45, 2.75) is 19.8 Å². The van der Waals surface area contributed by atoms with Gasteiger partial charge in [0.25, 0.3) is 0 Å². The molecule has 7 heteroatoms. The maximum absolute atomic E-state index is 5.96. The summed E-state index contributed by atoms with van der Waals surface area (Å²) in [5.74, 6) is 2.77. The number of fused-ring (bicyclic) bond motifs is 1. The minimum Gasteiger partial charge on any atom is -0.493 e. The van der Waals surface area contributed by atoms with Crippen LogP contribution in [0.25, 0.3) is 0 Å². The zero-order valence-electron chi connectivity index (χ0n) is 15.4. The van der Waals surface area contributed by atoms with Crippen LogP contribution < -0.4 is 25.3 Å². The Morgan fingerprint density at radius 2 is 1.93 bits per heavy atom. The lowest BCUT2D eigenvalue weighted by atomic mass is 10.2. The average Bonchev–Trinajstić information content (AvgIpc) is 2.88. The fraction of sp³-hybridized carbons (Fsp3) is 0.350. The number of hydrogen-bond donors (Lipinski definition) is 2. The zero-order chi connectivity index (χ0) is 18.2. The standard InChI is InChI=1S/C20H25N3O3.HI/c1-15-6-2-3-7-17(15)24-11-4-10-22-20(21)23-16-8-9-18-19(14-16)26-13-5-12-25-18;/h2-3,6-9,14H,4-5,10-13H2,1H3,(H3,21,22,23);1H. The van der Waals surface area contributed by atoms with Gasteiger partial charge in [0, 0.05) is 31.1 Å². The predicted molar refractivity (Wildman–Crippen MR) is 119 cm³/mol. The van der Waals surface area contributed by atoms with Crippen molar-refractivity contribution >= 4 is 35.6 Å². The summed E-state index contributed by atoms with van der Waals surface area (Å²) in [5.41, 5.74) is 7.91. The van der Waals surface area contributed by atoms with Crippen molar-refractivity contribution in [1.29, 1.82) is 0 Å². The van der Waals surface area contributed by atoms with Gasteiger partial charge in [-0.15, -0.1) is 24.0 Å². The molecule has 6 nitrogen and oxygen atoms in total. The van der Waals surface area contributed by atoms with E-state index in [0.29, 0.717) is 32.3 Å². The molecule has 3 rings (SSSR count). The molecule has 0 spiro atoms. The van der Waals surface area contributed by atoms with Crippen molar-refractivity contribution in [2.24, 2.45) is 10.7 Å². The van der Waals surface area contributed by atoms with E-state index in [0.717, 1.165) is 41.3 Å². The van der Waals surface area contributed by atoms with Crippen LogP contribution >= 0.6 is 24.0 Å². The minimum absolute atomic E-state index is 0. The van der Waals surface area contributed by atoms with Crippen LogP contribution in [0.5, 0.6) is 17.2 Å². The smallest absolute Gasteiger partial charge is 0.193 e. The number of anilines is 1. The number of ether oxygens (including phenoxy) is 3. The molecule has 3 N–H and O–H groups in total. The highest BCUT2D eigenvalue weighted by Gasteiger charge is 2.10. The highest BCUT2D eigenvalue weighted by atomic mass is 127. The van der Waals surface area contributed by atoms with Gasteiger partial charge < -0.3 is 25.3 Å². The largest absolute Gasteiger partial charge is 0.493 e. The molecule has 0 saturated heterocycles. The molecule has 0 fully saturated rings. The Morgan fingerprint density at radius 1 is 1.15 bits per heavy atom. The summed E-state index contributed by atoms with van der Waals surface area (Å²) in [4.78, 5) is 4.33. The van der Waals surface area contributed by atoms with Gasteiger partial charge in [-0.1, -0.05) is 18.2 Å². The second kappa shape index (κ2) is 10.9. The van der Waals surface area contributed by atoms with Crippen LogP contribution in [0, 0.1) is 6.92 Å². The van der Waals surface area contributed by atoms with Crippen molar-refractivity contribution in [2.75, 3.05) is 31.7 Å². The number of benzene rings is 2. The van der Waals surface area contributed by atoms with Crippen LogP contribution in [-0.4, -0.2) is 32.3 Å². The first kappa shape index (κ1) is 21.1. The van der Waals surface area contributed by atoms with E-state index in [9.17, 15) is 0 Å². The molecule has 0 bridgehead atoms. The number of rotatable bonds is 6. The van der Waals surface area contributed by atoms with E-state index < -0.39 is 0 Å². The Kier molecular flexibility index (Phi) is 8.50. The summed E-state index contributed by atoms with van der Waals surface area (Å²) < 4.78 is 17.0. The van der Waals surface area contributed by atoms with Crippen LogP contribution in [0.3, 0.4) is 0 Å². The molecule has 1 heterocycles. The molecule has 0 amide bonds. The molecule has 0 atom stereocenters. The summed E-state index contributed by atoms with van der Waals surface area (Å²) in [6, 6.07) is 13.6. The van der Waals surface area contributed by atoms with Gasteiger partial charge in [0.1, 0.15) is 5.75 Å². The van der Waals surface area contributed by atoms with Crippen LogP contribution in [0.15, 0.2) is 47.5 Å². The van der Waals surface area contributed by atoms with E-state index in [-0.39, 0.29) is 24.0 Å². The van der Waals surface area contributed by atoms with Crippen molar-refractivity contribution in [3.8, 4) is 17.2 Å². The van der Waals surface area contributed by atoms with E-state index in [1.54, 1.807) is 0 Å². The third-order valence-electron chi connectivity index (χ3n) is 3.96. The van der Waals surface area contributed by atoms with Gasteiger partial charge in [-0.25, -0.2) is 0 Å². The number of guanidine groups is 1. The maximum Gasteiger partial charge on any atom is 0.193 e. The highest BCUT2D eigenvalue weighted by Crippen LogP contribution is 2.32. The maximum atomic E-state index is 5.96. The van der Waals surface area contributed by atoms with E-state index >= 15 is 0 Å². The Hall–Kier alpha value is -2.16. The highest BCUT2D eigenvalue weighted by molar-refractivity contribution is 14.0. The lowest BCUT2D eigenvalue weighted by Crippen LogP contribution is -2.23. The lowest BCUT2D eigenvalue weighted by molar-refractivity contribution is 0.297. The molecule has 0 saturated carbocycles. The van der Waals surface area contributed by atoms with Crippen LogP contribution in [0.1, 0.15) is 18.4 Å². The molecule has 0 aliphatic carbocycles. The lowest BCUT2D eigenvalue weighted by Gasteiger charge is -2.11. The van der Waals surface area contributed by atoms with Crippen molar-refractivity contribution in [3.05, 3.63) is 48.0 Å². The van der Waals surface area contributed by atoms with Gasteiger partial charge in [0.05, 0.1) is 19.8 Å². The third kappa shape index (κ3) is 6.50. The summed E-state index contributed by atoms with van der Waals surface area (Å²) in [7, 11) is 0. The quantitative estimate of drug-likeness (QED) is 0.282. The number of hydrogen-bond acceptors (Lipinski definition) is 4. The molecular formula is C20H26IN3O3. The Morgan fingerprint density at radius 3 is 2.74 bits per heavy atom. The fourth-order valence-electron chi connectivity index (χ4n) is 2.59. The molecule has 0 radical (unpaired) electrons. The number of aliphatic imine (C=N–C) groups is 1. The molecule has 1 aliphatic rings. The fourth-order valence-corrected chi connectivity index (χ4v) is 2.59. The van der Waals surface area contributed by atoms with E-state index in [2.05, 4.69) is 10.3 Å². The summed E-state index contributed by atoms with van der Waals surface area (Å²) in [5, 5.41) is 3.08. The number of halogens is 1. The van der Waals surface area contributed by atoms with Gasteiger partial charge in [0.2, 0.25) is 0 Å². The molecule has 27 heavy (non-hydrogen) atoms. The first-order valence-corrected chi connectivity index (χ1v) is 8.87. The number of aryl methyl sites for hydroxylation is 1. The molecule has 146 valence electrons. The first-order valence-electron chi connectivity index (χ1n) is 8.87. The van der Waals surface area contributed by atoms with Crippen LogP contribution in [0.2, 0.25) is 0 Å². The molecular weight excluding hydrogens is 457 g/mol. The molecule has 1 aliphatic heterocycles. The zero-order valence-corrected chi connectivity index (χ0v) is 17.8. The average molecular weight is 483 g/mol. The van der Waals surface area contributed by atoms with Crippen molar-refractivity contribution in [3.63, 3.8) is 0 Å². The van der Waals surface area contributed by atoms with Crippen LogP contribution in [0.4, 0.5) is 5.69 Å². The van der Waals surface area contributed by atoms with Crippen molar-refractivity contribution in [1.82, 2.24) is 0 Å². The summed E-state index contributed by atoms with van der Waals surface area (Å²) in [6.45, 7) is 4.56. The molecule has 2 aromatic carbocycles. The number of nitrogens with two attached hydrogens (primary N) is 1. The summed E-state index contributed by atoms with van der Waals surface area (Å²) in [6.07, 6.45) is 1.67. The first-order chi connectivity index (χ1) is 12.7. The third-order valence-corrected chi connectivity index (χ3v) is 3.96. The number of nitrogens with one attached hydrogen (secondary N) is 1. The molecule has 0 unspecified atom stereocenters. The molecule has 0 aromatic heterocycles. The Labute approximate surface area is 177 Å². The Balaban J connectivity index is 0.00000261. The summed E-state index contributed by atoms with van der Waals surface area (Å²) >= 11 is 0. The second-order valence-electron chi connectivity index (χ2n) is 6.07. The van der Waals surface area contributed by atoms with E-state index in [1.165, 1.54) is 0 Å². The van der Waals surface area contributed by atoms with Gasteiger partial charge in [-0.3, -0.25) is 4.99 Å². The van der Waals surface area contributed by atoms with Gasteiger partial charge >= 0.3 is 0 Å². The normalized spacial score (nSPS) is 13.3. The minimum atomic E-state index is 0. The van der Waals surface area contributed by atoms with Crippen molar-refractivity contribution < 1.29 is 14.2 Å². The monoisotopic (exact) mass is 483 g/mol. The number of nitrogens with zero attached hydrogens (tertiary/aromatic N) is 1. The van der Waals surface area contributed by atoms with Crippen LogP contribution in [-0.2, 0) is 0 Å². The van der Waals surface area contributed by atoms with Gasteiger partial charge in [-0.05, 0) is 30.7 Å². The van der Waals surface area contributed by atoms with Gasteiger partial charge in [0.15, 0.2) is 17.5 Å². The second-order valence-corrected chi connectivity index (χ2v) is 6.07. The SMILES string of the molecule is Cc1ccccc1OCCCN=C(N)Nc1ccc2c(c1)OCCCO2.I. The molecule has 2 aromatic rings. The van der Waals surface area contributed by atoms with Gasteiger partial charge in [-0.2, -0.15) is 0 Å². The Bertz CT molecular complexity index is 768. The van der Waals surface area contributed by atoms with E-state index in [4.69, 9.17) is 19.9 Å².